The molecule has 0 aliphatic carbocycles. The lowest BCUT2D eigenvalue weighted by Gasteiger charge is -2.17. The number of rotatable bonds is 2. The number of nitrogens with zero attached hydrogens (tertiary/aromatic N) is 1. The number of halogens is 1. The van der Waals surface area contributed by atoms with Crippen molar-refractivity contribution in [1.82, 2.24) is 0 Å². The quantitative estimate of drug-likeness (QED) is 0.771. The van der Waals surface area contributed by atoms with Gasteiger partial charge in [-0.1, -0.05) is 22.0 Å². The fourth-order valence-electron chi connectivity index (χ4n) is 2.63. The van der Waals surface area contributed by atoms with Gasteiger partial charge in [0.1, 0.15) is 0 Å². The third kappa shape index (κ3) is 2.64. The molecule has 1 aliphatic heterocycles. The van der Waals surface area contributed by atoms with Gasteiger partial charge in [-0.3, -0.25) is 4.79 Å². The summed E-state index contributed by atoms with van der Waals surface area (Å²) in [7, 11) is 1.36. The Labute approximate surface area is 136 Å². The molecule has 0 radical (unpaired) electrons. The average molecular weight is 360 g/mol. The van der Waals surface area contributed by atoms with Crippen LogP contribution in [-0.4, -0.2) is 25.5 Å². The second-order valence-corrected chi connectivity index (χ2v) is 5.97. The molecule has 0 aromatic heterocycles. The fraction of sp³-hybridized carbons (Fsp3) is 0.176. The van der Waals surface area contributed by atoms with E-state index in [1.807, 2.05) is 24.3 Å². The van der Waals surface area contributed by atoms with Crippen LogP contribution in [0.25, 0.3) is 0 Å². The second-order valence-electron chi connectivity index (χ2n) is 5.05. The van der Waals surface area contributed by atoms with Gasteiger partial charge < -0.3 is 9.64 Å². The Kier molecular flexibility index (Phi) is 3.98. The van der Waals surface area contributed by atoms with E-state index < -0.39 is 0 Å². The summed E-state index contributed by atoms with van der Waals surface area (Å²) in [6, 6.07) is 12.6. The van der Waals surface area contributed by atoms with Gasteiger partial charge in [-0.25, -0.2) is 4.79 Å². The molecule has 0 atom stereocenters. The molecule has 1 amide bonds. The smallest absolute Gasteiger partial charge is 0.337 e. The van der Waals surface area contributed by atoms with Crippen LogP contribution in [0.15, 0.2) is 46.9 Å². The van der Waals surface area contributed by atoms with Crippen molar-refractivity contribution in [3.8, 4) is 0 Å². The summed E-state index contributed by atoms with van der Waals surface area (Å²) in [5.74, 6) is -0.398. The summed E-state index contributed by atoms with van der Waals surface area (Å²) in [6.45, 7) is 0.616. The molecule has 112 valence electrons. The van der Waals surface area contributed by atoms with Crippen LogP contribution in [0.4, 0.5) is 5.69 Å². The molecule has 0 bridgehead atoms. The molecular formula is C17H14BrNO3. The number of anilines is 1. The lowest BCUT2D eigenvalue weighted by atomic mass is 10.1. The number of methoxy groups -OCH3 is 1. The molecule has 1 heterocycles. The van der Waals surface area contributed by atoms with E-state index in [1.54, 1.807) is 23.1 Å². The summed E-state index contributed by atoms with van der Waals surface area (Å²) in [5, 5.41) is 0. The van der Waals surface area contributed by atoms with Crippen molar-refractivity contribution in [3.63, 3.8) is 0 Å². The summed E-state index contributed by atoms with van der Waals surface area (Å²) < 4.78 is 5.60. The van der Waals surface area contributed by atoms with Crippen molar-refractivity contribution >= 4 is 33.5 Å². The van der Waals surface area contributed by atoms with Crippen molar-refractivity contribution < 1.29 is 14.3 Å². The number of benzene rings is 2. The minimum Gasteiger partial charge on any atom is -0.465 e. The number of amides is 1. The second kappa shape index (κ2) is 5.93. The Hall–Kier alpha value is -2.14. The molecule has 2 aromatic carbocycles. The minimum atomic E-state index is -0.362. The highest BCUT2D eigenvalue weighted by molar-refractivity contribution is 9.10. The predicted molar refractivity (Wildman–Crippen MR) is 87.3 cm³/mol. The molecule has 0 N–H and O–H groups in total. The first-order chi connectivity index (χ1) is 10.6. The molecule has 1 aliphatic rings. The molecule has 5 heteroatoms. The van der Waals surface area contributed by atoms with Gasteiger partial charge in [-0.15, -0.1) is 0 Å². The number of carbonyl (C=O) groups is 2. The lowest BCUT2D eigenvalue weighted by Crippen LogP contribution is -2.28. The lowest BCUT2D eigenvalue weighted by molar-refractivity contribution is 0.0600. The molecule has 22 heavy (non-hydrogen) atoms. The van der Waals surface area contributed by atoms with Crippen LogP contribution in [-0.2, 0) is 11.2 Å². The highest BCUT2D eigenvalue weighted by Gasteiger charge is 2.26. The van der Waals surface area contributed by atoms with Crippen molar-refractivity contribution in [1.29, 1.82) is 0 Å². The summed E-state index contributed by atoms with van der Waals surface area (Å²) in [4.78, 5) is 26.0. The summed E-state index contributed by atoms with van der Waals surface area (Å²) in [6.07, 6.45) is 0.736. The van der Waals surface area contributed by atoms with Crippen molar-refractivity contribution in [2.24, 2.45) is 0 Å². The Bertz CT molecular complexity index is 757. The highest BCUT2D eigenvalue weighted by atomic mass is 79.9. The zero-order chi connectivity index (χ0) is 15.7. The average Bonchev–Trinajstić information content (AvgIpc) is 2.96. The third-order valence-corrected chi connectivity index (χ3v) is 4.21. The van der Waals surface area contributed by atoms with Crippen LogP contribution >= 0.6 is 15.9 Å². The Morgan fingerprint density at radius 2 is 1.95 bits per heavy atom. The van der Waals surface area contributed by atoms with E-state index in [4.69, 9.17) is 4.74 Å². The molecule has 3 rings (SSSR count). The van der Waals surface area contributed by atoms with Crippen molar-refractivity contribution in [3.05, 3.63) is 63.6 Å². The minimum absolute atomic E-state index is 0.0362. The molecule has 0 fully saturated rings. The van der Waals surface area contributed by atoms with Crippen LogP contribution in [0.1, 0.15) is 26.3 Å². The molecule has 0 saturated heterocycles. The Balaban J connectivity index is 1.91. The third-order valence-electron chi connectivity index (χ3n) is 3.71. The van der Waals surface area contributed by atoms with E-state index in [0.717, 1.165) is 22.1 Å². The molecule has 0 unspecified atom stereocenters. The van der Waals surface area contributed by atoms with Gasteiger partial charge >= 0.3 is 5.97 Å². The topological polar surface area (TPSA) is 46.6 Å². The van der Waals surface area contributed by atoms with Crippen LogP contribution < -0.4 is 4.90 Å². The SMILES string of the molecule is COC(=O)c1ccc2c(c1)CCN2C(=O)c1cccc(Br)c1. The first kappa shape index (κ1) is 14.8. The highest BCUT2D eigenvalue weighted by Crippen LogP contribution is 2.30. The van der Waals surface area contributed by atoms with Crippen LogP contribution in [0.3, 0.4) is 0 Å². The van der Waals surface area contributed by atoms with E-state index in [0.29, 0.717) is 17.7 Å². The fourth-order valence-corrected chi connectivity index (χ4v) is 3.03. The maximum absolute atomic E-state index is 12.7. The Morgan fingerprint density at radius 3 is 2.68 bits per heavy atom. The molecular weight excluding hydrogens is 346 g/mol. The van der Waals surface area contributed by atoms with Gasteiger partial charge in [0.15, 0.2) is 0 Å². The van der Waals surface area contributed by atoms with Crippen molar-refractivity contribution in [2.75, 3.05) is 18.6 Å². The van der Waals surface area contributed by atoms with Gasteiger partial charge in [0, 0.05) is 22.3 Å². The number of hydrogen-bond acceptors (Lipinski definition) is 3. The Morgan fingerprint density at radius 1 is 1.14 bits per heavy atom. The molecule has 0 spiro atoms. The van der Waals surface area contributed by atoms with Crippen LogP contribution in [0.5, 0.6) is 0 Å². The van der Waals surface area contributed by atoms with E-state index in [9.17, 15) is 9.59 Å². The zero-order valence-electron chi connectivity index (χ0n) is 12.0. The molecule has 0 saturated carbocycles. The summed E-state index contributed by atoms with van der Waals surface area (Å²) in [5.41, 5.74) is 3.00. The van der Waals surface area contributed by atoms with Gasteiger partial charge in [-0.05, 0) is 48.4 Å². The standard InChI is InChI=1S/C17H14BrNO3/c1-22-17(21)13-5-6-15-11(9-13)7-8-19(15)16(20)12-3-2-4-14(18)10-12/h2-6,9-10H,7-8H2,1H3. The van der Waals surface area contributed by atoms with Crippen molar-refractivity contribution in [2.45, 2.75) is 6.42 Å². The van der Waals surface area contributed by atoms with E-state index in [2.05, 4.69) is 15.9 Å². The van der Waals surface area contributed by atoms with E-state index in [1.165, 1.54) is 7.11 Å². The maximum atomic E-state index is 12.7. The van der Waals surface area contributed by atoms with Gasteiger partial charge in [0.05, 0.1) is 12.7 Å². The number of esters is 1. The largest absolute Gasteiger partial charge is 0.465 e. The van der Waals surface area contributed by atoms with Gasteiger partial charge in [0.2, 0.25) is 0 Å². The summed E-state index contributed by atoms with van der Waals surface area (Å²) >= 11 is 3.38. The number of hydrogen-bond donors (Lipinski definition) is 0. The van der Waals surface area contributed by atoms with Gasteiger partial charge in [-0.2, -0.15) is 0 Å². The predicted octanol–water partition coefficient (Wildman–Crippen LogP) is 3.44. The maximum Gasteiger partial charge on any atom is 0.337 e. The first-order valence-corrected chi connectivity index (χ1v) is 7.68. The number of fused-ring (bicyclic) bond motifs is 1. The van der Waals surface area contributed by atoms with E-state index >= 15 is 0 Å². The molecule has 4 nitrogen and oxygen atoms in total. The first-order valence-electron chi connectivity index (χ1n) is 6.89. The van der Waals surface area contributed by atoms with Gasteiger partial charge in [0.25, 0.3) is 5.91 Å². The monoisotopic (exact) mass is 359 g/mol. The van der Waals surface area contributed by atoms with E-state index in [-0.39, 0.29) is 11.9 Å². The number of ether oxygens (including phenoxy) is 1. The zero-order valence-corrected chi connectivity index (χ0v) is 13.6. The normalized spacial score (nSPS) is 12.9. The van der Waals surface area contributed by atoms with Crippen LogP contribution in [0, 0.1) is 0 Å². The number of carbonyl (C=O) groups excluding carboxylic acids is 2. The van der Waals surface area contributed by atoms with Crippen LogP contribution in [0.2, 0.25) is 0 Å². The molecule has 2 aromatic rings.